The molecule has 1 amide bonds. The number of fused-ring (bicyclic) bond motifs is 1. The third-order valence-corrected chi connectivity index (χ3v) is 7.31. The summed E-state index contributed by atoms with van der Waals surface area (Å²) in [5, 5.41) is 14.0. The highest BCUT2D eigenvalue weighted by atomic mass is 32.2. The molecule has 0 spiro atoms. The van der Waals surface area contributed by atoms with Gasteiger partial charge in [0.2, 0.25) is 5.91 Å². The summed E-state index contributed by atoms with van der Waals surface area (Å²) >= 11 is 4.70. The minimum Gasteiger partial charge on any atom is -0.353 e. The summed E-state index contributed by atoms with van der Waals surface area (Å²) in [5.41, 5.74) is 1.30. The zero-order valence-electron chi connectivity index (χ0n) is 15.5. The van der Waals surface area contributed by atoms with Crippen LogP contribution in [0.3, 0.4) is 0 Å². The van der Waals surface area contributed by atoms with Gasteiger partial charge in [-0.25, -0.2) is 0 Å². The summed E-state index contributed by atoms with van der Waals surface area (Å²) in [6, 6.07) is 15.0. The Labute approximate surface area is 172 Å². The lowest BCUT2D eigenvalue weighted by Gasteiger charge is -2.11. The molecular weight excluding hydrogens is 394 g/mol. The number of thioether (sulfide) groups is 2. The number of hydrogen-bond acceptors (Lipinski definition) is 6. The van der Waals surface area contributed by atoms with Crippen molar-refractivity contribution in [1.29, 1.82) is 0 Å². The van der Waals surface area contributed by atoms with Crippen molar-refractivity contribution >= 4 is 51.5 Å². The second kappa shape index (κ2) is 10.1. The molecule has 0 aliphatic rings. The van der Waals surface area contributed by atoms with Gasteiger partial charge in [-0.3, -0.25) is 4.79 Å². The molecule has 1 N–H and O–H groups in total. The van der Waals surface area contributed by atoms with Crippen LogP contribution in [0.15, 0.2) is 51.1 Å². The van der Waals surface area contributed by atoms with Crippen LogP contribution in [0.4, 0.5) is 0 Å². The molecule has 0 saturated carbocycles. The molecule has 1 heterocycles. The molecule has 1 aromatic heterocycles. The van der Waals surface area contributed by atoms with Crippen molar-refractivity contribution in [2.24, 2.45) is 0 Å². The molecule has 27 heavy (non-hydrogen) atoms. The predicted molar refractivity (Wildman–Crippen MR) is 117 cm³/mol. The average molecular weight is 418 g/mol. The van der Waals surface area contributed by atoms with Crippen LogP contribution in [0.1, 0.15) is 32.3 Å². The van der Waals surface area contributed by atoms with Gasteiger partial charge in [0.05, 0.1) is 5.75 Å². The summed E-state index contributed by atoms with van der Waals surface area (Å²) in [7, 11) is 0. The van der Waals surface area contributed by atoms with Crippen LogP contribution in [-0.2, 0) is 10.5 Å². The predicted octanol–water partition coefficient (Wildman–Crippen LogP) is 5.38. The van der Waals surface area contributed by atoms with Gasteiger partial charge in [0.15, 0.2) is 8.68 Å². The summed E-state index contributed by atoms with van der Waals surface area (Å²) in [6.45, 7) is 4.16. The highest BCUT2D eigenvalue weighted by molar-refractivity contribution is 8.03. The van der Waals surface area contributed by atoms with E-state index in [0.29, 0.717) is 5.75 Å². The topological polar surface area (TPSA) is 54.9 Å². The average Bonchev–Trinajstić information content (AvgIpc) is 3.13. The molecule has 0 saturated heterocycles. The van der Waals surface area contributed by atoms with Gasteiger partial charge in [-0.2, -0.15) is 0 Å². The normalized spacial score (nSPS) is 12.2. The Morgan fingerprint density at radius 2 is 1.85 bits per heavy atom. The summed E-state index contributed by atoms with van der Waals surface area (Å²) < 4.78 is 1.78. The Hall–Kier alpha value is -1.57. The first kappa shape index (κ1) is 20.2. The highest BCUT2D eigenvalue weighted by Crippen LogP contribution is 2.32. The SMILES string of the molecule is CCC[C@@H](C)NC(=O)CSc1nnc(SCc2cccc3ccccc23)s1. The van der Waals surface area contributed by atoms with Crippen LogP contribution in [0.25, 0.3) is 10.8 Å². The summed E-state index contributed by atoms with van der Waals surface area (Å²) in [5.74, 6) is 1.30. The standard InChI is InChI=1S/C20H23N3OS3/c1-3-7-14(2)21-18(24)13-26-20-23-22-19(27-20)25-12-16-10-6-9-15-8-4-5-11-17(15)16/h4-6,8-11,14H,3,7,12-13H2,1-2H3,(H,21,24)/t14-/m1/s1. The molecule has 0 unspecified atom stereocenters. The van der Waals surface area contributed by atoms with Gasteiger partial charge in [-0.1, -0.05) is 90.7 Å². The highest BCUT2D eigenvalue weighted by Gasteiger charge is 2.11. The van der Waals surface area contributed by atoms with Crippen molar-refractivity contribution in [2.45, 2.75) is 47.2 Å². The fourth-order valence-corrected chi connectivity index (χ4v) is 5.66. The van der Waals surface area contributed by atoms with Gasteiger partial charge in [0.25, 0.3) is 0 Å². The maximum atomic E-state index is 12.0. The zero-order valence-corrected chi connectivity index (χ0v) is 17.9. The molecule has 3 rings (SSSR count). The van der Waals surface area contributed by atoms with Gasteiger partial charge >= 0.3 is 0 Å². The van der Waals surface area contributed by atoms with E-state index in [2.05, 4.69) is 64.9 Å². The number of carbonyl (C=O) groups excluding carboxylic acids is 1. The summed E-state index contributed by atoms with van der Waals surface area (Å²) in [4.78, 5) is 12.0. The molecule has 3 aromatic rings. The van der Waals surface area contributed by atoms with Crippen LogP contribution < -0.4 is 5.32 Å². The lowest BCUT2D eigenvalue weighted by Crippen LogP contribution is -2.33. The van der Waals surface area contributed by atoms with E-state index in [9.17, 15) is 4.79 Å². The van der Waals surface area contributed by atoms with E-state index in [1.807, 2.05) is 6.92 Å². The molecule has 0 aliphatic heterocycles. The van der Waals surface area contributed by atoms with Crippen molar-refractivity contribution in [2.75, 3.05) is 5.75 Å². The first-order valence-electron chi connectivity index (χ1n) is 9.01. The van der Waals surface area contributed by atoms with E-state index >= 15 is 0 Å². The molecule has 1 atom stereocenters. The molecule has 142 valence electrons. The number of hydrogen-bond donors (Lipinski definition) is 1. The fraction of sp³-hybridized carbons (Fsp3) is 0.350. The van der Waals surface area contributed by atoms with Crippen molar-refractivity contribution in [1.82, 2.24) is 15.5 Å². The quantitative estimate of drug-likeness (QED) is 0.474. The Morgan fingerprint density at radius 1 is 1.11 bits per heavy atom. The lowest BCUT2D eigenvalue weighted by molar-refractivity contribution is -0.119. The fourth-order valence-electron chi connectivity index (χ4n) is 2.82. The van der Waals surface area contributed by atoms with Gasteiger partial charge in [-0.05, 0) is 29.7 Å². The van der Waals surface area contributed by atoms with E-state index in [-0.39, 0.29) is 11.9 Å². The second-order valence-corrected chi connectivity index (χ2v) is 9.73. The second-order valence-electron chi connectivity index (χ2n) is 6.31. The van der Waals surface area contributed by atoms with E-state index in [4.69, 9.17) is 0 Å². The van der Waals surface area contributed by atoms with E-state index in [1.165, 1.54) is 28.1 Å². The van der Waals surface area contributed by atoms with Crippen LogP contribution >= 0.6 is 34.9 Å². The van der Waals surface area contributed by atoms with Gasteiger partial charge in [0, 0.05) is 11.8 Å². The lowest BCUT2D eigenvalue weighted by atomic mass is 10.1. The first-order chi connectivity index (χ1) is 13.2. The van der Waals surface area contributed by atoms with Gasteiger partial charge in [0.1, 0.15) is 0 Å². The maximum Gasteiger partial charge on any atom is 0.230 e. The van der Waals surface area contributed by atoms with Crippen molar-refractivity contribution in [3.63, 3.8) is 0 Å². The van der Waals surface area contributed by atoms with Crippen LogP contribution in [0.5, 0.6) is 0 Å². The molecule has 7 heteroatoms. The number of nitrogens with zero attached hydrogens (tertiary/aromatic N) is 2. The molecule has 2 aromatic carbocycles. The van der Waals surface area contributed by atoms with E-state index < -0.39 is 0 Å². The summed E-state index contributed by atoms with van der Waals surface area (Å²) in [6.07, 6.45) is 2.08. The number of carbonyl (C=O) groups is 1. The van der Waals surface area contributed by atoms with Crippen molar-refractivity contribution in [3.05, 3.63) is 48.0 Å². The van der Waals surface area contributed by atoms with E-state index in [1.54, 1.807) is 23.1 Å². The Bertz CT molecular complexity index is 892. The number of aromatic nitrogens is 2. The van der Waals surface area contributed by atoms with E-state index in [0.717, 1.165) is 27.3 Å². The Morgan fingerprint density at radius 3 is 2.67 bits per heavy atom. The monoisotopic (exact) mass is 417 g/mol. The molecule has 0 aliphatic carbocycles. The smallest absolute Gasteiger partial charge is 0.230 e. The molecular formula is C20H23N3OS3. The Balaban J connectivity index is 1.51. The molecule has 0 fully saturated rings. The minimum absolute atomic E-state index is 0.0566. The van der Waals surface area contributed by atoms with Crippen molar-refractivity contribution in [3.8, 4) is 0 Å². The largest absolute Gasteiger partial charge is 0.353 e. The maximum absolute atomic E-state index is 12.0. The minimum atomic E-state index is 0.0566. The van der Waals surface area contributed by atoms with Gasteiger partial charge in [-0.15, -0.1) is 10.2 Å². The van der Waals surface area contributed by atoms with Crippen molar-refractivity contribution < 1.29 is 4.79 Å². The van der Waals surface area contributed by atoms with Crippen LogP contribution in [0.2, 0.25) is 0 Å². The zero-order chi connectivity index (χ0) is 19.1. The third kappa shape index (κ3) is 5.96. The molecule has 4 nitrogen and oxygen atoms in total. The van der Waals surface area contributed by atoms with Gasteiger partial charge < -0.3 is 5.32 Å². The third-order valence-electron chi connectivity index (χ3n) is 4.07. The Kier molecular flexibility index (Phi) is 7.55. The number of rotatable bonds is 9. The number of nitrogens with one attached hydrogen (secondary N) is 1. The first-order valence-corrected chi connectivity index (χ1v) is 11.8. The van der Waals surface area contributed by atoms with Crippen LogP contribution in [0, 0.1) is 0 Å². The molecule has 0 radical (unpaired) electrons. The van der Waals surface area contributed by atoms with Crippen LogP contribution in [-0.4, -0.2) is 27.9 Å². The number of benzene rings is 2. The molecule has 0 bridgehead atoms. The number of amides is 1.